The minimum atomic E-state index is 0. The topological polar surface area (TPSA) is 34.7 Å². The Morgan fingerprint density at radius 3 is 0.688 bits per heavy atom. The third-order valence-electron chi connectivity index (χ3n) is 6.96. The highest BCUT2D eigenvalue weighted by atomic mass is 16.0. The minimum Gasteiger partial charge on any atom is -0.412 e. The first-order valence-electron chi connectivity index (χ1n) is 14.9. The maximum Gasteiger partial charge on any atom is -0.00248 e. The van der Waals surface area contributed by atoms with Gasteiger partial charge < -0.3 is 10.4 Å². The van der Waals surface area contributed by atoms with Crippen LogP contribution in [-0.4, -0.2) is 31.0 Å². The van der Waals surface area contributed by atoms with Gasteiger partial charge in [0.05, 0.1) is 0 Å². The van der Waals surface area contributed by atoms with Gasteiger partial charge >= 0.3 is 0 Å². The van der Waals surface area contributed by atoms with Gasteiger partial charge in [-0.1, -0.05) is 167 Å². The van der Waals surface area contributed by atoms with Crippen LogP contribution in [0, 0.1) is 0 Å². The zero-order chi connectivity index (χ0) is 22.7. The summed E-state index contributed by atoms with van der Waals surface area (Å²) in [5.41, 5.74) is 0. The van der Waals surface area contributed by atoms with E-state index in [0.29, 0.717) is 0 Å². The lowest BCUT2D eigenvalue weighted by Gasteiger charge is -2.08. The highest BCUT2D eigenvalue weighted by molar-refractivity contribution is 4.52. The standard InChI is InChI=1S/C30H63N.H2O/c1-4-5-6-7-8-9-10-11-12-13-14-15-16-17-18-19-20-21-22-23-24-25-26-27-28-29-30-31(2)3;/h4-30H2,1-3H3;1H2. The van der Waals surface area contributed by atoms with Gasteiger partial charge in [0.25, 0.3) is 0 Å². The van der Waals surface area contributed by atoms with E-state index in [0.717, 1.165) is 0 Å². The van der Waals surface area contributed by atoms with Crippen LogP contribution in [-0.2, 0) is 0 Å². The molecule has 0 aliphatic heterocycles. The molecule has 0 amide bonds. The van der Waals surface area contributed by atoms with Crippen LogP contribution in [0.25, 0.3) is 0 Å². The first-order valence-corrected chi connectivity index (χ1v) is 14.9. The number of hydrogen-bond acceptors (Lipinski definition) is 1. The van der Waals surface area contributed by atoms with E-state index < -0.39 is 0 Å². The summed E-state index contributed by atoms with van der Waals surface area (Å²) in [4.78, 5) is 2.30. The lowest BCUT2D eigenvalue weighted by molar-refractivity contribution is 0.389. The van der Waals surface area contributed by atoms with Crippen LogP contribution in [0.1, 0.15) is 174 Å². The van der Waals surface area contributed by atoms with Crippen LogP contribution >= 0.6 is 0 Å². The molecule has 0 aromatic heterocycles. The minimum absolute atomic E-state index is 0. The van der Waals surface area contributed by atoms with Crippen molar-refractivity contribution in [3.63, 3.8) is 0 Å². The van der Waals surface area contributed by atoms with Gasteiger partial charge in [0.15, 0.2) is 0 Å². The normalized spacial score (nSPS) is 11.2. The molecule has 0 aromatic rings. The molecular formula is C30H65NO. The second-order valence-electron chi connectivity index (χ2n) is 10.6. The van der Waals surface area contributed by atoms with Gasteiger partial charge in [0.1, 0.15) is 0 Å². The fourth-order valence-electron chi connectivity index (χ4n) is 4.74. The molecule has 0 atom stereocenters. The predicted molar refractivity (Wildman–Crippen MR) is 148 cm³/mol. The van der Waals surface area contributed by atoms with E-state index in [4.69, 9.17) is 0 Å². The largest absolute Gasteiger partial charge is 0.412 e. The molecule has 2 nitrogen and oxygen atoms in total. The number of nitrogens with zero attached hydrogens (tertiary/aromatic N) is 1. The number of hydrogen-bond donors (Lipinski definition) is 0. The molecule has 0 bridgehead atoms. The Morgan fingerprint density at radius 1 is 0.312 bits per heavy atom. The molecule has 0 spiro atoms. The average Bonchev–Trinajstić information content (AvgIpc) is 2.76. The summed E-state index contributed by atoms with van der Waals surface area (Å²) in [6, 6.07) is 0. The van der Waals surface area contributed by atoms with Crippen LogP contribution in [0.3, 0.4) is 0 Å². The molecule has 0 saturated heterocycles. The molecule has 0 heterocycles. The fourth-order valence-corrected chi connectivity index (χ4v) is 4.74. The molecule has 0 unspecified atom stereocenters. The van der Waals surface area contributed by atoms with Crippen molar-refractivity contribution in [2.75, 3.05) is 20.6 Å². The second kappa shape index (κ2) is 30.9. The average molecular weight is 456 g/mol. The molecule has 2 heteroatoms. The van der Waals surface area contributed by atoms with E-state index in [2.05, 4.69) is 25.9 Å². The van der Waals surface area contributed by atoms with Crippen molar-refractivity contribution >= 4 is 0 Å². The van der Waals surface area contributed by atoms with Crippen molar-refractivity contribution < 1.29 is 5.48 Å². The summed E-state index contributed by atoms with van der Waals surface area (Å²) in [6.45, 7) is 3.57. The predicted octanol–water partition coefficient (Wildman–Crippen LogP) is 9.89. The van der Waals surface area contributed by atoms with Crippen molar-refractivity contribution in [1.29, 1.82) is 0 Å². The Balaban J connectivity index is 0. The first kappa shape index (κ1) is 34.1. The van der Waals surface area contributed by atoms with E-state index in [1.54, 1.807) is 0 Å². The fraction of sp³-hybridized carbons (Fsp3) is 1.00. The highest BCUT2D eigenvalue weighted by Crippen LogP contribution is 2.15. The number of rotatable bonds is 27. The van der Waals surface area contributed by atoms with E-state index in [9.17, 15) is 0 Å². The van der Waals surface area contributed by atoms with E-state index >= 15 is 0 Å². The smallest absolute Gasteiger partial charge is 0.00248 e. The molecule has 2 N–H and O–H groups in total. The van der Waals surface area contributed by atoms with Crippen molar-refractivity contribution in [2.24, 2.45) is 0 Å². The molecule has 196 valence electrons. The zero-order valence-electron chi connectivity index (χ0n) is 23.0. The molecule has 0 fully saturated rings. The van der Waals surface area contributed by atoms with Crippen LogP contribution in [0.2, 0.25) is 0 Å². The van der Waals surface area contributed by atoms with Crippen molar-refractivity contribution in [3.8, 4) is 0 Å². The summed E-state index contributed by atoms with van der Waals surface area (Å²) in [5, 5.41) is 0. The molecule has 0 rings (SSSR count). The lowest BCUT2D eigenvalue weighted by atomic mass is 10.0. The Bertz CT molecular complexity index is 305. The van der Waals surface area contributed by atoms with Gasteiger partial charge in [0, 0.05) is 0 Å². The monoisotopic (exact) mass is 456 g/mol. The molecule has 0 aromatic carbocycles. The summed E-state index contributed by atoms with van der Waals surface area (Å²) in [6.07, 6.45) is 38.3. The quantitative estimate of drug-likeness (QED) is 0.113. The number of unbranched alkanes of at least 4 members (excludes halogenated alkanes) is 25. The van der Waals surface area contributed by atoms with Gasteiger partial charge in [0.2, 0.25) is 0 Å². The molecule has 0 aliphatic carbocycles. The Kier molecular flexibility index (Phi) is 32.9. The first-order chi connectivity index (χ1) is 15.3. The van der Waals surface area contributed by atoms with E-state index in [1.807, 2.05) is 0 Å². The van der Waals surface area contributed by atoms with Crippen molar-refractivity contribution in [3.05, 3.63) is 0 Å². The summed E-state index contributed by atoms with van der Waals surface area (Å²) in [5.74, 6) is 0. The van der Waals surface area contributed by atoms with Crippen LogP contribution in [0.5, 0.6) is 0 Å². The lowest BCUT2D eigenvalue weighted by Crippen LogP contribution is -2.12. The molecule has 32 heavy (non-hydrogen) atoms. The van der Waals surface area contributed by atoms with Gasteiger partial charge in [-0.2, -0.15) is 0 Å². The summed E-state index contributed by atoms with van der Waals surface area (Å²) >= 11 is 0. The second-order valence-corrected chi connectivity index (χ2v) is 10.6. The summed E-state index contributed by atoms with van der Waals surface area (Å²) < 4.78 is 0. The third-order valence-corrected chi connectivity index (χ3v) is 6.96. The molecule has 0 aliphatic rings. The van der Waals surface area contributed by atoms with E-state index in [-0.39, 0.29) is 5.48 Å². The molecule has 0 radical (unpaired) electrons. The van der Waals surface area contributed by atoms with Crippen LogP contribution in [0.4, 0.5) is 0 Å². The van der Waals surface area contributed by atoms with Gasteiger partial charge in [-0.25, -0.2) is 0 Å². The van der Waals surface area contributed by atoms with Crippen LogP contribution in [0.15, 0.2) is 0 Å². The van der Waals surface area contributed by atoms with Gasteiger partial charge in [-0.05, 0) is 27.1 Å². The van der Waals surface area contributed by atoms with Gasteiger partial charge in [-0.15, -0.1) is 0 Å². The van der Waals surface area contributed by atoms with Gasteiger partial charge in [-0.3, -0.25) is 0 Å². The van der Waals surface area contributed by atoms with Crippen LogP contribution < -0.4 is 0 Å². The molecular weight excluding hydrogens is 390 g/mol. The maximum absolute atomic E-state index is 2.30. The highest BCUT2D eigenvalue weighted by Gasteiger charge is 1.96. The SMILES string of the molecule is CCCCCCCCCCCCCCCCCCCCCCCCCCCCN(C)C.O. The Labute approximate surface area is 205 Å². The van der Waals surface area contributed by atoms with Crippen molar-refractivity contribution in [2.45, 2.75) is 174 Å². The summed E-state index contributed by atoms with van der Waals surface area (Å²) in [7, 11) is 4.36. The van der Waals surface area contributed by atoms with E-state index in [1.165, 1.54) is 173 Å². The zero-order valence-corrected chi connectivity index (χ0v) is 23.0. The molecule has 0 saturated carbocycles. The third kappa shape index (κ3) is 32.1. The Morgan fingerprint density at radius 2 is 0.500 bits per heavy atom. The Hall–Kier alpha value is -0.0800. The maximum atomic E-state index is 2.30. The van der Waals surface area contributed by atoms with Crippen molar-refractivity contribution in [1.82, 2.24) is 4.90 Å².